The number of phenols is 1. The Balaban J connectivity index is 1.58. The summed E-state index contributed by atoms with van der Waals surface area (Å²) in [7, 11) is 3.07. The summed E-state index contributed by atoms with van der Waals surface area (Å²) < 4.78 is 10.9. The predicted octanol–water partition coefficient (Wildman–Crippen LogP) is 3.73. The number of carboxylic acid groups (broad SMARTS) is 1. The SMILES string of the molecule is COc1ccc(/C=C2\SC(=S)N(CCCC(=O)Nc3ccc(O)c(C(=O)O)c3)C2=O)cc1OC. The van der Waals surface area contributed by atoms with Crippen molar-refractivity contribution in [3.63, 3.8) is 0 Å². The van der Waals surface area contributed by atoms with Crippen LogP contribution in [0.4, 0.5) is 5.69 Å². The van der Waals surface area contributed by atoms with E-state index in [1.165, 1.54) is 42.0 Å². The zero-order chi connectivity index (χ0) is 24.8. The lowest BCUT2D eigenvalue weighted by molar-refractivity contribution is -0.122. The molecule has 0 aromatic heterocycles. The van der Waals surface area contributed by atoms with E-state index >= 15 is 0 Å². The molecule has 2 aromatic carbocycles. The molecule has 0 unspecified atom stereocenters. The molecular weight excluding hydrogens is 480 g/mol. The molecule has 1 fully saturated rings. The van der Waals surface area contributed by atoms with E-state index in [1.807, 2.05) is 0 Å². The van der Waals surface area contributed by atoms with Crippen LogP contribution in [0.15, 0.2) is 41.3 Å². The molecule has 34 heavy (non-hydrogen) atoms. The van der Waals surface area contributed by atoms with Crippen molar-refractivity contribution >= 4 is 57.8 Å². The number of rotatable bonds is 9. The fourth-order valence-corrected chi connectivity index (χ4v) is 4.50. The molecule has 1 aliphatic heterocycles. The number of nitrogens with zero attached hydrogens (tertiary/aromatic N) is 1. The Morgan fingerprint density at radius 3 is 2.56 bits per heavy atom. The molecule has 3 N–H and O–H groups in total. The van der Waals surface area contributed by atoms with Crippen molar-refractivity contribution in [2.45, 2.75) is 12.8 Å². The Hall–Kier alpha value is -3.57. The van der Waals surface area contributed by atoms with Crippen molar-refractivity contribution in [2.75, 3.05) is 26.1 Å². The molecule has 178 valence electrons. The monoisotopic (exact) mass is 502 g/mol. The lowest BCUT2D eigenvalue weighted by atomic mass is 10.1. The van der Waals surface area contributed by atoms with Crippen LogP contribution in [0.2, 0.25) is 0 Å². The first-order chi connectivity index (χ1) is 16.2. The number of carboxylic acids is 1. The van der Waals surface area contributed by atoms with Gasteiger partial charge in [0.2, 0.25) is 5.91 Å². The first-order valence-electron chi connectivity index (χ1n) is 10.1. The minimum atomic E-state index is -1.30. The lowest BCUT2D eigenvalue weighted by Crippen LogP contribution is -2.29. The summed E-state index contributed by atoms with van der Waals surface area (Å²) >= 11 is 6.52. The van der Waals surface area contributed by atoms with Crippen LogP contribution in [0.1, 0.15) is 28.8 Å². The van der Waals surface area contributed by atoms with Gasteiger partial charge in [0.1, 0.15) is 15.6 Å². The summed E-state index contributed by atoms with van der Waals surface area (Å²) in [6.45, 7) is 0.261. The number of aromatic hydroxyl groups is 1. The molecule has 0 atom stereocenters. The number of benzene rings is 2. The highest BCUT2D eigenvalue weighted by atomic mass is 32.2. The van der Waals surface area contributed by atoms with E-state index in [9.17, 15) is 19.5 Å². The average molecular weight is 503 g/mol. The third kappa shape index (κ3) is 5.86. The van der Waals surface area contributed by atoms with Crippen LogP contribution in [-0.4, -0.2) is 58.0 Å². The zero-order valence-electron chi connectivity index (χ0n) is 18.4. The molecule has 0 radical (unpaired) electrons. The molecule has 0 saturated carbocycles. The number of nitrogens with one attached hydrogen (secondary N) is 1. The number of carbonyl (C=O) groups excluding carboxylic acids is 2. The normalized spacial score (nSPS) is 14.4. The standard InChI is InChI=1S/C23H22N2O7S2/c1-31-17-8-5-13(10-18(17)32-2)11-19-21(28)25(23(33)34-19)9-3-4-20(27)24-14-6-7-16(26)15(12-14)22(29)30/h5-8,10-12,26H,3-4,9H2,1-2H3,(H,24,27)(H,29,30)/b19-11-. The average Bonchev–Trinajstić information content (AvgIpc) is 3.07. The molecule has 11 heteroatoms. The summed E-state index contributed by atoms with van der Waals surface area (Å²) in [6, 6.07) is 9.09. The zero-order valence-corrected chi connectivity index (χ0v) is 20.0. The van der Waals surface area contributed by atoms with Gasteiger partial charge < -0.3 is 25.0 Å². The molecule has 3 rings (SSSR count). The highest BCUT2D eigenvalue weighted by molar-refractivity contribution is 8.26. The van der Waals surface area contributed by atoms with E-state index in [0.29, 0.717) is 27.1 Å². The summed E-state index contributed by atoms with van der Waals surface area (Å²) in [5.41, 5.74) is 0.701. The molecule has 2 amide bonds. The number of aromatic carboxylic acids is 1. The highest BCUT2D eigenvalue weighted by Gasteiger charge is 2.31. The molecule has 1 heterocycles. The third-order valence-corrected chi connectivity index (χ3v) is 6.25. The van der Waals surface area contributed by atoms with Crippen molar-refractivity contribution in [3.8, 4) is 17.2 Å². The Bertz CT molecular complexity index is 1180. The van der Waals surface area contributed by atoms with Gasteiger partial charge in [0.15, 0.2) is 11.5 Å². The molecular formula is C23H22N2O7S2. The Kier molecular flexibility index (Phi) is 8.13. The van der Waals surface area contributed by atoms with E-state index in [2.05, 4.69) is 5.32 Å². The molecule has 0 bridgehead atoms. The number of thioether (sulfide) groups is 1. The number of thiocarbonyl (C=S) groups is 1. The van der Waals surface area contributed by atoms with Gasteiger partial charge in [-0.3, -0.25) is 14.5 Å². The van der Waals surface area contributed by atoms with Crippen LogP contribution < -0.4 is 14.8 Å². The summed E-state index contributed by atoms with van der Waals surface area (Å²) in [5, 5.41) is 21.2. The Morgan fingerprint density at radius 1 is 1.15 bits per heavy atom. The van der Waals surface area contributed by atoms with Gasteiger partial charge in [0.25, 0.3) is 5.91 Å². The largest absolute Gasteiger partial charge is 0.507 e. The molecule has 2 aromatic rings. The van der Waals surface area contributed by atoms with Gasteiger partial charge in [-0.15, -0.1) is 0 Å². The van der Waals surface area contributed by atoms with Crippen LogP contribution in [0.5, 0.6) is 17.2 Å². The van der Waals surface area contributed by atoms with Crippen molar-refractivity contribution in [2.24, 2.45) is 0 Å². The lowest BCUT2D eigenvalue weighted by Gasteiger charge is -2.14. The number of hydrogen-bond donors (Lipinski definition) is 3. The summed E-state index contributed by atoms with van der Waals surface area (Å²) in [4.78, 5) is 38.1. The maximum absolute atomic E-state index is 12.8. The van der Waals surface area contributed by atoms with Gasteiger partial charge in [-0.2, -0.15) is 0 Å². The summed E-state index contributed by atoms with van der Waals surface area (Å²) in [6.07, 6.45) is 2.17. The molecule has 0 spiro atoms. The molecule has 9 nitrogen and oxygen atoms in total. The van der Waals surface area contributed by atoms with Crippen molar-refractivity contribution in [1.82, 2.24) is 4.90 Å². The van der Waals surface area contributed by atoms with Crippen LogP contribution >= 0.6 is 24.0 Å². The van der Waals surface area contributed by atoms with Gasteiger partial charge in [0, 0.05) is 18.7 Å². The molecule has 0 aliphatic carbocycles. The minimum absolute atomic E-state index is 0.0923. The van der Waals surface area contributed by atoms with Crippen LogP contribution in [0, 0.1) is 0 Å². The Labute approximate surface area is 205 Å². The van der Waals surface area contributed by atoms with Crippen LogP contribution in [0.25, 0.3) is 6.08 Å². The van der Waals surface area contributed by atoms with Crippen LogP contribution in [-0.2, 0) is 9.59 Å². The number of hydrogen-bond acceptors (Lipinski definition) is 8. The quantitative estimate of drug-likeness (QED) is 0.267. The first-order valence-corrected chi connectivity index (χ1v) is 11.3. The van der Waals surface area contributed by atoms with E-state index in [1.54, 1.807) is 31.4 Å². The predicted molar refractivity (Wildman–Crippen MR) is 132 cm³/mol. The number of anilines is 1. The minimum Gasteiger partial charge on any atom is -0.507 e. The van der Waals surface area contributed by atoms with Crippen LogP contribution in [0.3, 0.4) is 0 Å². The number of methoxy groups -OCH3 is 2. The van der Waals surface area contributed by atoms with Gasteiger partial charge >= 0.3 is 5.97 Å². The number of carbonyl (C=O) groups is 3. The van der Waals surface area contributed by atoms with Gasteiger partial charge in [0.05, 0.1) is 19.1 Å². The second kappa shape index (κ2) is 11.0. The fraction of sp³-hybridized carbons (Fsp3) is 0.217. The van der Waals surface area contributed by atoms with Gasteiger partial charge in [-0.1, -0.05) is 30.0 Å². The van der Waals surface area contributed by atoms with Crippen molar-refractivity contribution in [3.05, 3.63) is 52.4 Å². The molecule has 1 aliphatic rings. The maximum atomic E-state index is 12.8. The Morgan fingerprint density at radius 2 is 1.88 bits per heavy atom. The van der Waals surface area contributed by atoms with Gasteiger partial charge in [-0.25, -0.2) is 4.79 Å². The number of ether oxygens (including phenoxy) is 2. The van der Waals surface area contributed by atoms with Crippen molar-refractivity contribution in [1.29, 1.82) is 0 Å². The number of amides is 2. The van der Waals surface area contributed by atoms with Crippen molar-refractivity contribution < 1.29 is 34.1 Å². The maximum Gasteiger partial charge on any atom is 0.339 e. The molecule has 1 saturated heterocycles. The summed E-state index contributed by atoms with van der Waals surface area (Å²) in [5.74, 6) is -1.16. The van der Waals surface area contributed by atoms with E-state index in [4.69, 9.17) is 26.8 Å². The fourth-order valence-electron chi connectivity index (χ4n) is 3.19. The van der Waals surface area contributed by atoms with E-state index in [0.717, 1.165) is 5.56 Å². The third-order valence-electron chi connectivity index (χ3n) is 4.88. The van der Waals surface area contributed by atoms with E-state index < -0.39 is 5.97 Å². The topological polar surface area (TPSA) is 125 Å². The second-order valence-corrected chi connectivity index (χ2v) is 8.81. The smallest absolute Gasteiger partial charge is 0.339 e. The van der Waals surface area contributed by atoms with E-state index in [-0.39, 0.29) is 41.8 Å². The van der Waals surface area contributed by atoms with Gasteiger partial charge in [-0.05, 0) is 48.4 Å². The highest BCUT2D eigenvalue weighted by Crippen LogP contribution is 2.34. The second-order valence-electron chi connectivity index (χ2n) is 7.14. The first kappa shape index (κ1) is 25.1.